The third kappa shape index (κ3) is 2.82. The van der Waals surface area contributed by atoms with Gasteiger partial charge in [0.05, 0.1) is 5.69 Å². The quantitative estimate of drug-likeness (QED) is 0.819. The fourth-order valence-corrected chi connectivity index (χ4v) is 1.43. The number of H-pyrrole nitrogens is 1. The van der Waals surface area contributed by atoms with Gasteiger partial charge in [-0.2, -0.15) is 0 Å². The van der Waals surface area contributed by atoms with Crippen LogP contribution >= 0.6 is 0 Å². The number of aromatic amines is 1. The highest BCUT2D eigenvalue weighted by Crippen LogP contribution is 2.19. The Bertz CT molecular complexity index is 698. The summed E-state index contributed by atoms with van der Waals surface area (Å²) >= 11 is 0. The van der Waals surface area contributed by atoms with Gasteiger partial charge in [0.1, 0.15) is 5.82 Å². The van der Waals surface area contributed by atoms with Crippen molar-refractivity contribution < 1.29 is 18.0 Å². The zero-order chi connectivity index (χ0) is 14.0. The van der Waals surface area contributed by atoms with Crippen molar-refractivity contribution in [1.82, 2.24) is 4.98 Å². The van der Waals surface area contributed by atoms with E-state index in [4.69, 9.17) is 0 Å². The molecule has 1 amide bonds. The van der Waals surface area contributed by atoms with Crippen LogP contribution in [0.3, 0.4) is 0 Å². The molecule has 19 heavy (non-hydrogen) atoms. The molecule has 1 aromatic heterocycles. The Balaban J connectivity index is 2.32. The Morgan fingerprint density at radius 1 is 1.16 bits per heavy atom. The van der Waals surface area contributed by atoms with Crippen LogP contribution in [0.2, 0.25) is 0 Å². The molecule has 0 fully saturated rings. The number of hydrogen-bond donors (Lipinski definition) is 2. The number of benzene rings is 1. The van der Waals surface area contributed by atoms with Gasteiger partial charge in [-0.1, -0.05) is 0 Å². The number of aromatic nitrogens is 1. The molecule has 1 aromatic carbocycles. The lowest BCUT2D eigenvalue weighted by Gasteiger charge is -2.07. The zero-order valence-corrected chi connectivity index (χ0v) is 9.34. The molecule has 4 nitrogen and oxygen atoms in total. The lowest BCUT2D eigenvalue weighted by Crippen LogP contribution is -2.16. The van der Waals surface area contributed by atoms with Gasteiger partial charge in [0.25, 0.3) is 5.91 Å². The molecule has 2 rings (SSSR count). The van der Waals surface area contributed by atoms with Crippen molar-refractivity contribution in [3.8, 4) is 0 Å². The minimum absolute atomic E-state index is 0.0622. The fourth-order valence-electron chi connectivity index (χ4n) is 1.43. The number of carbonyl (C=O) groups is 1. The minimum atomic E-state index is -1.42. The summed E-state index contributed by atoms with van der Waals surface area (Å²) in [5, 5.41) is 1.99. The van der Waals surface area contributed by atoms with Crippen molar-refractivity contribution in [2.75, 3.05) is 5.32 Å². The lowest BCUT2D eigenvalue weighted by molar-refractivity contribution is 0.102. The molecule has 2 N–H and O–H groups in total. The van der Waals surface area contributed by atoms with Crippen LogP contribution in [0.25, 0.3) is 0 Å². The number of carbonyl (C=O) groups excluding carboxylic acids is 1. The molecule has 1 heterocycles. The van der Waals surface area contributed by atoms with E-state index in [9.17, 15) is 22.8 Å². The van der Waals surface area contributed by atoms with Crippen LogP contribution in [0, 0.1) is 17.5 Å². The maximum atomic E-state index is 13.3. The van der Waals surface area contributed by atoms with Gasteiger partial charge in [-0.15, -0.1) is 0 Å². The molecule has 0 bridgehead atoms. The second-order valence-electron chi connectivity index (χ2n) is 3.64. The second-order valence-corrected chi connectivity index (χ2v) is 3.64. The van der Waals surface area contributed by atoms with Crippen molar-refractivity contribution in [2.45, 2.75) is 0 Å². The lowest BCUT2D eigenvalue weighted by atomic mass is 10.2. The molecule has 0 unspecified atom stereocenters. The summed E-state index contributed by atoms with van der Waals surface area (Å²) in [7, 11) is 0. The van der Waals surface area contributed by atoms with Crippen molar-refractivity contribution >= 4 is 11.6 Å². The SMILES string of the molecule is O=C(Nc1cc(F)cc(F)c1F)c1cc[nH]c(=O)c1. The first-order valence-electron chi connectivity index (χ1n) is 5.12. The van der Waals surface area contributed by atoms with Gasteiger partial charge >= 0.3 is 0 Å². The molecule has 0 aliphatic heterocycles. The average molecular weight is 268 g/mol. The van der Waals surface area contributed by atoms with Crippen LogP contribution in [-0.4, -0.2) is 10.9 Å². The summed E-state index contributed by atoms with van der Waals surface area (Å²) in [6.45, 7) is 0. The van der Waals surface area contributed by atoms with E-state index in [0.717, 1.165) is 6.07 Å². The number of hydrogen-bond acceptors (Lipinski definition) is 2. The largest absolute Gasteiger partial charge is 0.329 e. The topological polar surface area (TPSA) is 62.0 Å². The van der Waals surface area contributed by atoms with Crippen molar-refractivity contribution in [1.29, 1.82) is 0 Å². The van der Waals surface area contributed by atoms with E-state index in [1.165, 1.54) is 12.3 Å². The highest BCUT2D eigenvalue weighted by molar-refractivity contribution is 6.04. The molecule has 7 heteroatoms. The van der Waals surface area contributed by atoms with Crippen LogP contribution in [-0.2, 0) is 0 Å². The summed E-state index contributed by atoms with van der Waals surface area (Å²) in [4.78, 5) is 24.9. The van der Waals surface area contributed by atoms with E-state index < -0.39 is 34.6 Å². The van der Waals surface area contributed by atoms with Crippen LogP contribution in [0.15, 0.2) is 35.3 Å². The van der Waals surface area contributed by atoms with Gasteiger partial charge in [0.2, 0.25) is 5.56 Å². The van der Waals surface area contributed by atoms with Crippen LogP contribution in [0.5, 0.6) is 0 Å². The number of anilines is 1. The summed E-state index contributed by atoms with van der Waals surface area (Å²) in [6.07, 6.45) is 1.22. The molecule has 0 saturated heterocycles. The fraction of sp³-hybridized carbons (Fsp3) is 0. The van der Waals surface area contributed by atoms with E-state index in [0.29, 0.717) is 12.1 Å². The average Bonchev–Trinajstić information content (AvgIpc) is 2.35. The first-order chi connectivity index (χ1) is 8.97. The van der Waals surface area contributed by atoms with Crippen molar-refractivity contribution in [3.05, 3.63) is 63.8 Å². The highest BCUT2D eigenvalue weighted by atomic mass is 19.2. The smallest absolute Gasteiger partial charge is 0.255 e. The monoisotopic (exact) mass is 268 g/mol. The van der Waals surface area contributed by atoms with Gasteiger partial charge < -0.3 is 10.3 Å². The third-order valence-corrected chi connectivity index (χ3v) is 2.28. The summed E-state index contributed by atoms with van der Waals surface area (Å²) < 4.78 is 39.2. The molecular weight excluding hydrogens is 261 g/mol. The van der Waals surface area contributed by atoms with Crippen LogP contribution in [0.1, 0.15) is 10.4 Å². The molecule has 98 valence electrons. The number of pyridine rings is 1. The normalized spacial score (nSPS) is 10.3. The Kier molecular flexibility index (Phi) is 3.37. The van der Waals surface area contributed by atoms with Crippen LogP contribution in [0.4, 0.5) is 18.9 Å². The van der Waals surface area contributed by atoms with Crippen LogP contribution < -0.4 is 10.9 Å². The van der Waals surface area contributed by atoms with Gasteiger partial charge in [-0.25, -0.2) is 13.2 Å². The molecule has 0 saturated carbocycles. The predicted molar refractivity (Wildman–Crippen MR) is 61.3 cm³/mol. The van der Waals surface area contributed by atoms with E-state index >= 15 is 0 Å². The molecule has 0 atom stereocenters. The molecule has 0 aliphatic rings. The van der Waals surface area contributed by atoms with Gasteiger partial charge in [-0.3, -0.25) is 9.59 Å². The number of rotatable bonds is 2. The van der Waals surface area contributed by atoms with Gasteiger partial charge in [-0.05, 0) is 6.07 Å². The second kappa shape index (κ2) is 4.97. The molecule has 2 aromatic rings. The Morgan fingerprint density at radius 2 is 1.89 bits per heavy atom. The van der Waals surface area contributed by atoms with E-state index in [1.54, 1.807) is 0 Å². The van der Waals surface area contributed by atoms with E-state index in [-0.39, 0.29) is 5.56 Å². The Morgan fingerprint density at radius 3 is 2.58 bits per heavy atom. The van der Waals surface area contributed by atoms with E-state index in [2.05, 4.69) is 4.98 Å². The number of nitrogens with one attached hydrogen (secondary N) is 2. The standard InChI is InChI=1S/C12H7F3N2O2/c13-7-4-8(14)11(15)9(5-7)17-12(19)6-1-2-16-10(18)3-6/h1-5H,(H,16,18)(H,17,19). The summed E-state index contributed by atoms with van der Waals surface area (Å²) in [6, 6.07) is 3.24. The molecule has 0 radical (unpaired) electrons. The predicted octanol–water partition coefficient (Wildman–Crippen LogP) is 2.04. The third-order valence-electron chi connectivity index (χ3n) is 2.28. The minimum Gasteiger partial charge on any atom is -0.329 e. The maximum Gasteiger partial charge on any atom is 0.255 e. The van der Waals surface area contributed by atoms with Crippen molar-refractivity contribution in [2.24, 2.45) is 0 Å². The molecule has 0 spiro atoms. The Hall–Kier alpha value is -2.57. The first-order valence-corrected chi connectivity index (χ1v) is 5.12. The van der Waals surface area contributed by atoms with Gasteiger partial charge in [0.15, 0.2) is 11.6 Å². The Labute approximate surface area is 104 Å². The van der Waals surface area contributed by atoms with E-state index in [1.807, 2.05) is 5.32 Å². The van der Waals surface area contributed by atoms with Gasteiger partial charge in [0, 0.05) is 30.0 Å². The maximum absolute atomic E-state index is 13.3. The molecular formula is C12H7F3N2O2. The summed E-state index contributed by atoms with van der Waals surface area (Å²) in [5.74, 6) is -4.67. The number of halogens is 3. The first kappa shape index (κ1) is 12.9. The zero-order valence-electron chi connectivity index (χ0n) is 9.34. The summed E-state index contributed by atoms with van der Waals surface area (Å²) in [5.41, 5.74) is -1.23. The number of amides is 1. The van der Waals surface area contributed by atoms with Crippen molar-refractivity contribution in [3.63, 3.8) is 0 Å². The molecule has 0 aliphatic carbocycles. The highest BCUT2D eigenvalue weighted by Gasteiger charge is 2.14.